The van der Waals surface area contributed by atoms with Gasteiger partial charge in [0, 0.05) is 11.8 Å². The van der Waals surface area contributed by atoms with Gasteiger partial charge in [-0.15, -0.1) is 11.8 Å². The van der Waals surface area contributed by atoms with Gasteiger partial charge < -0.3 is 15.0 Å². The van der Waals surface area contributed by atoms with Gasteiger partial charge in [-0.1, -0.05) is 18.2 Å². The van der Waals surface area contributed by atoms with Crippen LogP contribution in [0.4, 0.5) is 5.69 Å². The molecule has 1 heterocycles. The van der Waals surface area contributed by atoms with Crippen LogP contribution in [0, 0.1) is 0 Å². The number of aromatic amines is 1. The van der Waals surface area contributed by atoms with Crippen LogP contribution in [0.5, 0.6) is 0 Å². The predicted molar refractivity (Wildman–Crippen MR) is 82.9 cm³/mol. The van der Waals surface area contributed by atoms with Crippen molar-refractivity contribution in [3.8, 4) is 0 Å². The highest BCUT2D eigenvalue weighted by atomic mass is 32.2. The maximum Gasteiger partial charge on any atom is 0.355 e. The number of aromatic nitrogens is 1. The van der Waals surface area contributed by atoms with E-state index >= 15 is 0 Å². The summed E-state index contributed by atoms with van der Waals surface area (Å²) in [6, 6.07) is 8.90. The summed E-state index contributed by atoms with van der Waals surface area (Å²) >= 11 is 1.37. The summed E-state index contributed by atoms with van der Waals surface area (Å²) in [7, 11) is 0. The number of carbonyl (C=O) groups is 2. The van der Waals surface area contributed by atoms with Crippen molar-refractivity contribution >= 4 is 29.3 Å². The average molecular weight is 304 g/mol. The Kier molecular flexibility index (Phi) is 5.05. The van der Waals surface area contributed by atoms with E-state index in [2.05, 4.69) is 10.3 Å². The van der Waals surface area contributed by atoms with E-state index in [1.54, 1.807) is 37.4 Å². The zero-order valence-corrected chi connectivity index (χ0v) is 12.6. The van der Waals surface area contributed by atoms with Gasteiger partial charge in [-0.2, -0.15) is 0 Å². The third kappa shape index (κ3) is 3.46. The number of esters is 1. The first-order chi connectivity index (χ1) is 10.2. The lowest BCUT2D eigenvalue weighted by atomic mass is 10.2. The molecule has 21 heavy (non-hydrogen) atoms. The normalized spacial score (nSPS) is 10.2. The number of benzene rings is 1. The molecule has 6 heteroatoms. The Morgan fingerprint density at radius 2 is 2.00 bits per heavy atom. The Labute approximate surface area is 127 Å². The van der Waals surface area contributed by atoms with Crippen LogP contribution >= 0.6 is 11.8 Å². The maximum absolute atomic E-state index is 12.1. The van der Waals surface area contributed by atoms with E-state index in [9.17, 15) is 9.59 Å². The van der Waals surface area contributed by atoms with E-state index in [1.807, 2.05) is 12.3 Å². The van der Waals surface area contributed by atoms with Gasteiger partial charge in [-0.3, -0.25) is 4.79 Å². The summed E-state index contributed by atoms with van der Waals surface area (Å²) in [6.45, 7) is 2.05. The highest BCUT2D eigenvalue weighted by Gasteiger charge is 2.19. The van der Waals surface area contributed by atoms with E-state index in [0.29, 0.717) is 28.4 Å². The first kappa shape index (κ1) is 15.2. The fourth-order valence-electron chi connectivity index (χ4n) is 1.85. The molecule has 0 bridgehead atoms. The molecule has 0 saturated heterocycles. The first-order valence-electron chi connectivity index (χ1n) is 6.46. The minimum absolute atomic E-state index is 0.222. The highest BCUT2D eigenvalue weighted by Crippen LogP contribution is 2.30. The molecule has 0 aliphatic heterocycles. The lowest BCUT2D eigenvalue weighted by molar-refractivity contribution is 0.0516. The second-order valence-corrected chi connectivity index (χ2v) is 4.97. The zero-order chi connectivity index (χ0) is 15.2. The van der Waals surface area contributed by atoms with Gasteiger partial charge in [0.1, 0.15) is 5.69 Å². The van der Waals surface area contributed by atoms with Gasteiger partial charge in [0.05, 0.1) is 17.2 Å². The fourth-order valence-corrected chi connectivity index (χ4v) is 2.53. The number of thioether (sulfide) groups is 1. The number of hydrogen-bond donors (Lipinski definition) is 2. The Bertz CT molecular complexity index is 638. The zero-order valence-electron chi connectivity index (χ0n) is 11.8. The largest absolute Gasteiger partial charge is 0.461 e. The van der Waals surface area contributed by atoms with Crippen LogP contribution in [0.25, 0.3) is 0 Å². The van der Waals surface area contributed by atoms with Gasteiger partial charge in [-0.05, 0) is 25.3 Å². The van der Waals surface area contributed by atoms with E-state index in [-0.39, 0.29) is 5.91 Å². The molecule has 0 atom stereocenters. The summed E-state index contributed by atoms with van der Waals surface area (Å²) in [5.74, 6) is -0.651. The third-order valence-electron chi connectivity index (χ3n) is 2.80. The summed E-state index contributed by atoms with van der Waals surface area (Å²) in [5.41, 5.74) is 1.48. The molecule has 0 fully saturated rings. The minimum Gasteiger partial charge on any atom is -0.461 e. The number of rotatable bonds is 5. The molecule has 0 saturated carbocycles. The Morgan fingerprint density at radius 3 is 2.62 bits per heavy atom. The van der Waals surface area contributed by atoms with Crippen LogP contribution in [0.15, 0.2) is 41.4 Å². The van der Waals surface area contributed by atoms with Crippen molar-refractivity contribution in [1.29, 1.82) is 0 Å². The molecule has 0 aliphatic carbocycles. The van der Waals surface area contributed by atoms with Crippen LogP contribution in [0.2, 0.25) is 0 Å². The number of hydrogen-bond acceptors (Lipinski definition) is 4. The lowest BCUT2D eigenvalue weighted by Crippen LogP contribution is -2.12. The van der Waals surface area contributed by atoms with Crippen molar-refractivity contribution in [2.24, 2.45) is 0 Å². The summed E-state index contributed by atoms with van der Waals surface area (Å²) < 4.78 is 4.98. The standard InChI is InChI=1S/C15H16N2O3S/c1-3-20-15(19)12-13(21-2)11(9-16-12)17-14(18)10-7-5-4-6-8-10/h4-9,16H,3H2,1-2H3,(H,17,18). The second-order valence-electron chi connectivity index (χ2n) is 4.15. The monoisotopic (exact) mass is 304 g/mol. The number of amides is 1. The third-order valence-corrected chi connectivity index (χ3v) is 3.63. The second kappa shape index (κ2) is 6.99. The quantitative estimate of drug-likeness (QED) is 0.657. The molecule has 1 amide bonds. The molecule has 0 radical (unpaired) electrons. The molecule has 5 nitrogen and oxygen atoms in total. The maximum atomic E-state index is 12.1. The average Bonchev–Trinajstić information content (AvgIpc) is 2.91. The van der Waals surface area contributed by atoms with Crippen molar-refractivity contribution in [2.75, 3.05) is 18.2 Å². The van der Waals surface area contributed by atoms with Crippen LogP contribution < -0.4 is 5.32 Å². The highest BCUT2D eigenvalue weighted by molar-refractivity contribution is 7.98. The molecule has 0 spiro atoms. The molecular formula is C15H16N2O3S. The lowest BCUT2D eigenvalue weighted by Gasteiger charge is -2.06. The van der Waals surface area contributed by atoms with Crippen molar-refractivity contribution in [2.45, 2.75) is 11.8 Å². The number of nitrogens with one attached hydrogen (secondary N) is 2. The van der Waals surface area contributed by atoms with Gasteiger partial charge in [0.2, 0.25) is 0 Å². The fraction of sp³-hybridized carbons (Fsp3) is 0.200. The topological polar surface area (TPSA) is 71.2 Å². The van der Waals surface area contributed by atoms with Crippen molar-refractivity contribution < 1.29 is 14.3 Å². The minimum atomic E-state index is -0.429. The number of H-pyrrole nitrogens is 1. The molecular weight excluding hydrogens is 288 g/mol. The Balaban J connectivity index is 2.21. The SMILES string of the molecule is CCOC(=O)c1[nH]cc(NC(=O)c2ccccc2)c1SC. The van der Waals surface area contributed by atoms with Gasteiger partial charge in [0.15, 0.2) is 0 Å². The van der Waals surface area contributed by atoms with Gasteiger partial charge in [-0.25, -0.2) is 4.79 Å². The molecule has 2 rings (SSSR count). The number of ether oxygens (including phenoxy) is 1. The molecule has 0 aliphatic rings. The Morgan fingerprint density at radius 1 is 1.29 bits per heavy atom. The smallest absolute Gasteiger partial charge is 0.355 e. The molecule has 0 unspecified atom stereocenters. The molecule has 110 valence electrons. The summed E-state index contributed by atoms with van der Waals surface area (Å²) in [6.07, 6.45) is 3.43. The molecule has 1 aromatic heterocycles. The van der Waals surface area contributed by atoms with E-state index in [4.69, 9.17) is 4.74 Å². The molecule has 2 aromatic rings. The van der Waals surface area contributed by atoms with Crippen molar-refractivity contribution in [3.63, 3.8) is 0 Å². The van der Waals surface area contributed by atoms with Crippen LogP contribution in [0.3, 0.4) is 0 Å². The van der Waals surface area contributed by atoms with Gasteiger partial charge >= 0.3 is 5.97 Å². The van der Waals surface area contributed by atoms with Gasteiger partial charge in [0.25, 0.3) is 5.91 Å². The summed E-state index contributed by atoms with van der Waals surface area (Å²) in [4.78, 5) is 27.5. The number of carbonyl (C=O) groups excluding carboxylic acids is 2. The van der Waals surface area contributed by atoms with Crippen LogP contribution in [-0.2, 0) is 4.74 Å². The van der Waals surface area contributed by atoms with E-state index < -0.39 is 5.97 Å². The van der Waals surface area contributed by atoms with Crippen LogP contribution in [-0.4, -0.2) is 29.7 Å². The predicted octanol–water partition coefficient (Wildman–Crippen LogP) is 3.17. The van der Waals surface area contributed by atoms with E-state index in [0.717, 1.165) is 0 Å². The summed E-state index contributed by atoms with van der Waals surface area (Å²) in [5, 5.41) is 2.80. The van der Waals surface area contributed by atoms with E-state index in [1.165, 1.54) is 11.8 Å². The first-order valence-corrected chi connectivity index (χ1v) is 7.68. The van der Waals surface area contributed by atoms with Crippen molar-refractivity contribution in [3.05, 3.63) is 47.8 Å². The molecule has 2 N–H and O–H groups in total. The Hall–Kier alpha value is -2.21. The van der Waals surface area contributed by atoms with Crippen LogP contribution in [0.1, 0.15) is 27.8 Å². The molecule has 1 aromatic carbocycles. The number of anilines is 1. The van der Waals surface area contributed by atoms with Crippen molar-refractivity contribution in [1.82, 2.24) is 4.98 Å².